The predicted molar refractivity (Wildman–Crippen MR) is 32.2 cm³/mol. The molecule has 1 fully saturated rings. The molecule has 0 aromatic rings. The molecule has 1 rings (SSSR count). The number of methoxy groups -OCH3 is 1. The standard InChI is InChI=1S/C6H12O3/c1-5-8-3-6(7-2)4-9-5/h5-6H,3-4H2,1-2H3. The number of hydrogen-bond acceptors (Lipinski definition) is 3. The summed E-state index contributed by atoms with van der Waals surface area (Å²) in [6, 6.07) is 0. The van der Waals surface area contributed by atoms with Crippen LogP contribution in [-0.2, 0) is 14.2 Å². The lowest BCUT2D eigenvalue weighted by Crippen LogP contribution is -2.35. The molecule has 0 spiro atoms. The highest BCUT2D eigenvalue weighted by Crippen LogP contribution is 2.05. The van der Waals surface area contributed by atoms with Gasteiger partial charge in [0.05, 0.1) is 13.2 Å². The molecule has 1 saturated heterocycles. The van der Waals surface area contributed by atoms with Crippen molar-refractivity contribution >= 4 is 0 Å². The van der Waals surface area contributed by atoms with E-state index in [1.165, 1.54) is 0 Å². The van der Waals surface area contributed by atoms with Crippen molar-refractivity contribution in [3.8, 4) is 0 Å². The molecule has 0 N–H and O–H groups in total. The first-order valence-electron chi connectivity index (χ1n) is 3.09. The van der Waals surface area contributed by atoms with Crippen LogP contribution in [0.4, 0.5) is 0 Å². The van der Waals surface area contributed by atoms with E-state index in [9.17, 15) is 0 Å². The summed E-state index contributed by atoms with van der Waals surface area (Å²) in [6.07, 6.45) is 0.0672. The van der Waals surface area contributed by atoms with Gasteiger partial charge in [-0.15, -0.1) is 0 Å². The third kappa shape index (κ3) is 1.93. The van der Waals surface area contributed by atoms with E-state index in [0.29, 0.717) is 13.2 Å². The highest BCUT2D eigenvalue weighted by Gasteiger charge is 2.17. The van der Waals surface area contributed by atoms with Crippen molar-refractivity contribution in [2.45, 2.75) is 19.3 Å². The zero-order valence-corrected chi connectivity index (χ0v) is 5.79. The smallest absolute Gasteiger partial charge is 0.155 e. The normalized spacial score (nSPS) is 36.7. The minimum atomic E-state index is -0.0589. The Morgan fingerprint density at radius 1 is 1.33 bits per heavy atom. The first kappa shape index (κ1) is 6.99. The molecule has 0 atom stereocenters. The molecule has 0 aromatic heterocycles. The monoisotopic (exact) mass is 132 g/mol. The second kappa shape index (κ2) is 3.15. The first-order chi connectivity index (χ1) is 4.33. The topological polar surface area (TPSA) is 27.7 Å². The first-order valence-corrected chi connectivity index (χ1v) is 3.09. The maximum Gasteiger partial charge on any atom is 0.155 e. The van der Waals surface area contributed by atoms with Crippen molar-refractivity contribution in [1.29, 1.82) is 0 Å². The van der Waals surface area contributed by atoms with E-state index in [-0.39, 0.29) is 12.4 Å². The minimum Gasteiger partial charge on any atom is -0.377 e. The molecule has 0 amide bonds. The predicted octanol–water partition coefficient (Wildman–Crippen LogP) is 0.394. The van der Waals surface area contributed by atoms with Crippen LogP contribution < -0.4 is 0 Å². The molecule has 3 nitrogen and oxygen atoms in total. The summed E-state index contributed by atoms with van der Waals surface area (Å²) in [5, 5.41) is 0. The maximum atomic E-state index is 5.13. The average molecular weight is 132 g/mol. The van der Waals surface area contributed by atoms with E-state index in [2.05, 4.69) is 0 Å². The Hall–Kier alpha value is -0.120. The van der Waals surface area contributed by atoms with Crippen LogP contribution in [0.1, 0.15) is 6.92 Å². The lowest BCUT2D eigenvalue weighted by molar-refractivity contribution is -0.212. The summed E-state index contributed by atoms with van der Waals surface area (Å²) >= 11 is 0. The summed E-state index contributed by atoms with van der Waals surface area (Å²) in [5.74, 6) is 0. The van der Waals surface area contributed by atoms with Crippen molar-refractivity contribution in [1.82, 2.24) is 0 Å². The Balaban J connectivity index is 2.18. The van der Waals surface area contributed by atoms with Crippen LogP contribution >= 0.6 is 0 Å². The second-order valence-electron chi connectivity index (χ2n) is 2.09. The molecule has 9 heavy (non-hydrogen) atoms. The van der Waals surface area contributed by atoms with Crippen molar-refractivity contribution in [2.75, 3.05) is 20.3 Å². The van der Waals surface area contributed by atoms with E-state index >= 15 is 0 Å². The van der Waals surface area contributed by atoms with Gasteiger partial charge in [-0.05, 0) is 6.92 Å². The van der Waals surface area contributed by atoms with Crippen LogP contribution in [0.5, 0.6) is 0 Å². The number of hydrogen-bond donors (Lipinski definition) is 0. The lowest BCUT2D eigenvalue weighted by Gasteiger charge is -2.25. The van der Waals surface area contributed by atoms with Gasteiger partial charge in [0.2, 0.25) is 0 Å². The van der Waals surface area contributed by atoms with Gasteiger partial charge in [0.25, 0.3) is 0 Å². The van der Waals surface area contributed by atoms with Gasteiger partial charge in [-0.25, -0.2) is 0 Å². The molecule has 1 aliphatic rings. The van der Waals surface area contributed by atoms with Crippen LogP contribution in [0.15, 0.2) is 0 Å². The molecule has 3 heteroatoms. The molecule has 54 valence electrons. The number of ether oxygens (including phenoxy) is 3. The fourth-order valence-corrected chi connectivity index (χ4v) is 0.718. The SMILES string of the molecule is COC1COC(C)OC1. The van der Waals surface area contributed by atoms with Gasteiger partial charge in [0, 0.05) is 7.11 Å². The summed E-state index contributed by atoms with van der Waals surface area (Å²) in [5.41, 5.74) is 0. The van der Waals surface area contributed by atoms with Crippen molar-refractivity contribution in [2.24, 2.45) is 0 Å². The Kier molecular flexibility index (Phi) is 2.45. The lowest BCUT2D eigenvalue weighted by atomic mass is 10.4. The van der Waals surface area contributed by atoms with Crippen LogP contribution in [-0.4, -0.2) is 32.7 Å². The van der Waals surface area contributed by atoms with Gasteiger partial charge in [0.15, 0.2) is 6.29 Å². The average Bonchev–Trinajstić information content (AvgIpc) is 1.90. The summed E-state index contributed by atoms with van der Waals surface area (Å²) in [6.45, 7) is 3.18. The van der Waals surface area contributed by atoms with Gasteiger partial charge in [0.1, 0.15) is 6.10 Å². The Morgan fingerprint density at radius 3 is 2.33 bits per heavy atom. The fraction of sp³-hybridized carbons (Fsp3) is 1.00. The molecule has 0 aromatic carbocycles. The van der Waals surface area contributed by atoms with Crippen LogP contribution in [0.3, 0.4) is 0 Å². The third-order valence-corrected chi connectivity index (χ3v) is 1.37. The highest BCUT2D eigenvalue weighted by molar-refractivity contribution is 4.58. The maximum absolute atomic E-state index is 5.13. The summed E-state index contributed by atoms with van der Waals surface area (Å²) < 4.78 is 15.3. The Labute approximate surface area is 54.9 Å². The van der Waals surface area contributed by atoms with Gasteiger partial charge >= 0.3 is 0 Å². The van der Waals surface area contributed by atoms with Crippen molar-refractivity contribution in [3.05, 3.63) is 0 Å². The molecular weight excluding hydrogens is 120 g/mol. The molecule has 0 unspecified atom stereocenters. The van der Waals surface area contributed by atoms with Gasteiger partial charge < -0.3 is 14.2 Å². The van der Waals surface area contributed by atoms with Crippen LogP contribution in [0, 0.1) is 0 Å². The molecule has 0 radical (unpaired) electrons. The molecule has 1 aliphatic heterocycles. The van der Waals surface area contributed by atoms with Crippen LogP contribution in [0.25, 0.3) is 0 Å². The molecule has 0 bridgehead atoms. The van der Waals surface area contributed by atoms with Crippen molar-refractivity contribution < 1.29 is 14.2 Å². The van der Waals surface area contributed by atoms with E-state index in [1.807, 2.05) is 6.92 Å². The molecular formula is C6H12O3. The summed E-state index contributed by atoms with van der Waals surface area (Å²) in [7, 11) is 1.66. The molecule has 1 heterocycles. The van der Waals surface area contributed by atoms with E-state index in [1.54, 1.807) is 7.11 Å². The third-order valence-electron chi connectivity index (χ3n) is 1.37. The van der Waals surface area contributed by atoms with Crippen molar-refractivity contribution in [3.63, 3.8) is 0 Å². The number of rotatable bonds is 1. The zero-order valence-electron chi connectivity index (χ0n) is 5.79. The zero-order chi connectivity index (χ0) is 6.69. The molecule has 0 saturated carbocycles. The van der Waals surface area contributed by atoms with E-state index < -0.39 is 0 Å². The fourth-order valence-electron chi connectivity index (χ4n) is 0.718. The quantitative estimate of drug-likeness (QED) is 0.516. The Morgan fingerprint density at radius 2 is 1.89 bits per heavy atom. The second-order valence-corrected chi connectivity index (χ2v) is 2.09. The largest absolute Gasteiger partial charge is 0.377 e. The van der Waals surface area contributed by atoms with Crippen LogP contribution in [0.2, 0.25) is 0 Å². The van der Waals surface area contributed by atoms with E-state index in [4.69, 9.17) is 14.2 Å². The minimum absolute atomic E-state index is 0.0589. The van der Waals surface area contributed by atoms with E-state index in [0.717, 1.165) is 0 Å². The molecule has 0 aliphatic carbocycles. The van der Waals surface area contributed by atoms with Gasteiger partial charge in [-0.1, -0.05) is 0 Å². The van der Waals surface area contributed by atoms with Gasteiger partial charge in [-0.3, -0.25) is 0 Å². The Bertz CT molecular complexity index is 76.4. The highest BCUT2D eigenvalue weighted by atomic mass is 16.7. The summed E-state index contributed by atoms with van der Waals surface area (Å²) in [4.78, 5) is 0. The van der Waals surface area contributed by atoms with Gasteiger partial charge in [-0.2, -0.15) is 0 Å².